The highest BCUT2D eigenvalue weighted by atomic mass is 15.0. The normalized spacial score (nSPS) is 49.6. The van der Waals surface area contributed by atoms with Crippen LogP contribution in [0.2, 0.25) is 0 Å². The molecule has 1 unspecified atom stereocenters. The molecule has 3 fully saturated rings. The first-order chi connectivity index (χ1) is 5.42. The van der Waals surface area contributed by atoms with Crippen LogP contribution in [0.15, 0.2) is 0 Å². The first-order valence-electron chi connectivity index (χ1n) is 5.18. The summed E-state index contributed by atoms with van der Waals surface area (Å²) in [7, 11) is 0. The Bertz CT molecular complexity index is 150. The van der Waals surface area contributed by atoms with Crippen LogP contribution >= 0.6 is 0 Å². The van der Waals surface area contributed by atoms with Crippen molar-refractivity contribution in [2.45, 2.75) is 50.6 Å². The fourth-order valence-electron chi connectivity index (χ4n) is 3.05. The van der Waals surface area contributed by atoms with E-state index in [4.69, 9.17) is 0 Å². The van der Waals surface area contributed by atoms with Crippen LogP contribution < -0.4 is 5.32 Å². The molecule has 2 aliphatic heterocycles. The van der Waals surface area contributed by atoms with E-state index < -0.39 is 0 Å². The highest BCUT2D eigenvalue weighted by Gasteiger charge is 2.40. The van der Waals surface area contributed by atoms with Gasteiger partial charge in [0.25, 0.3) is 0 Å². The Morgan fingerprint density at radius 3 is 1.91 bits per heavy atom. The van der Waals surface area contributed by atoms with Gasteiger partial charge in [-0.3, -0.25) is 0 Å². The van der Waals surface area contributed by atoms with Gasteiger partial charge in [0, 0.05) is 12.1 Å². The number of rotatable bonds is 1. The molecular formula is C10H17N. The molecule has 2 bridgehead atoms. The minimum atomic E-state index is 0.916. The highest BCUT2D eigenvalue weighted by Crippen LogP contribution is 2.45. The lowest BCUT2D eigenvalue weighted by molar-refractivity contribution is 0.273. The molecule has 2 saturated heterocycles. The number of nitrogens with one attached hydrogen (secondary N) is 1. The summed E-state index contributed by atoms with van der Waals surface area (Å²) in [6.45, 7) is 0. The van der Waals surface area contributed by atoms with Crippen LogP contribution in [0.3, 0.4) is 0 Å². The lowest BCUT2D eigenvalue weighted by atomic mass is 9.88. The Labute approximate surface area is 68.6 Å². The van der Waals surface area contributed by atoms with E-state index in [1.54, 1.807) is 12.8 Å². The van der Waals surface area contributed by atoms with E-state index in [2.05, 4.69) is 5.32 Å². The summed E-state index contributed by atoms with van der Waals surface area (Å²) in [5.41, 5.74) is 0. The van der Waals surface area contributed by atoms with E-state index in [1.165, 1.54) is 25.7 Å². The smallest absolute Gasteiger partial charge is 0.00729 e. The maximum Gasteiger partial charge on any atom is 0.00729 e. The van der Waals surface area contributed by atoms with E-state index in [0.29, 0.717) is 0 Å². The molecular weight excluding hydrogens is 134 g/mol. The quantitative estimate of drug-likeness (QED) is 0.604. The van der Waals surface area contributed by atoms with Crippen molar-refractivity contribution in [2.24, 2.45) is 11.8 Å². The number of hydrogen-bond acceptors (Lipinski definition) is 1. The van der Waals surface area contributed by atoms with Crippen LogP contribution in [0.4, 0.5) is 0 Å². The van der Waals surface area contributed by atoms with Gasteiger partial charge >= 0.3 is 0 Å². The third-order valence-electron chi connectivity index (χ3n) is 3.80. The zero-order chi connectivity index (χ0) is 7.26. The van der Waals surface area contributed by atoms with Gasteiger partial charge in [-0.2, -0.15) is 0 Å². The highest BCUT2D eigenvalue weighted by molar-refractivity contribution is 4.96. The first-order valence-corrected chi connectivity index (χ1v) is 5.18. The van der Waals surface area contributed by atoms with E-state index in [9.17, 15) is 0 Å². The van der Waals surface area contributed by atoms with Gasteiger partial charge in [0.05, 0.1) is 0 Å². The van der Waals surface area contributed by atoms with Crippen LogP contribution in [-0.4, -0.2) is 12.1 Å². The average molecular weight is 151 g/mol. The zero-order valence-corrected chi connectivity index (χ0v) is 7.05. The molecule has 11 heavy (non-hydrogen) atoms. The second-order valence-corrected chi connectivity index (χ2v) is 4.71. The van der Waals surface area contributed by atoms with Crippen LogP contribution in [0.1, 0.15) is 38.5 Å². The second-order valence-electron chi connectivity index (χ2n) is 4.71. The van der Waals surface area contributed by atoms with Crippen LogP contribution in [0.5, 0.6) is 0 Å². The van der Waals surface area contributed by atoms with Gasteiger partial charge in [0.2, 0.25) is 0 Å². The Morgan fingerprint density at radius 2 is 1.36 bits per heavy atom. The maximum atomic E-state index is 3.70. The summed E-state index contributed by atoms with van der Waals surface area (Å²) in [6, 6.07) is 1.83. The third-order valence-corrected chi connectivity index (χ3v) is 3.80. The van der Waals surface area contributed by atoms with Crippen molar-refractivity contribution >= 4 is 0 Å². The minimum Gasteiger partial charge on any atom is -0.311 e. The van der Waals surface area contributed by atoms with Gasteiger partial charge in [-0.25, -0.2) is 0 Å². The van der Waals surface area contributed by atoms with Gasteiger partial charge in [-0.15, -0.1) is 0 Å². The SMILES string of the molecule is C1CC1C1C[C@H]2CC[C@@H](C1)N2. The van der Waals surface area contributed by atoms with Crippen molar-refractivity contribution in [3.8, 4) is 0 Å². The molecule has 1 N–H and O–H groups in total. The number of hydrogen-bond donors (Lipinski definition) is 1. The van der Waals surface area contributed by atoms with Crippen molar-refractivity contribution in [1.29, 1.82) is 0 Å². The molecule has 0 aromatic carbocycles. The molecule has 3 atom stereocenters. The first kappa shape index (κ1) is 6.47. The fourth-order valence-corrected chi connectivity index (χ4v) is 3.05. The topological polar surface area (TPSA) is 12.0 Å². The molecule has 62 valence electrons. The molecule has 0 amide bonds. The lowest BCUT2D eigenvalue weighted by Crippen LogP contribution is -2.38. The van der Waals surface area contributed by atoms with E-state index >= 15 is 0 Å². The summed E-state index contributed by atoms with van der Waals surface area (Å²) in [5.74, 6) is 2.27. The number of piperidine rings is 1. The van der Waals surface area contributed by atoms with Gasteiger partial charge in [0.1, 0.15) is 0 Å². The van der Waals surface area contributed by atoms with Crippen molar-refractivity contribution in [2.75, 3.05) is 0 Å². The van der Waals surface area contributed by atoms with E-state index in [-0.39, 0.29) is 0 Å². The number of fused-ring (bicyclic) bond motifs is 2. The average Bonchev–Trinajstić information content (AvgIpc) is 2.79. The summed E-state index contributed by atoms with van der Waals surface area (Å²) >= 11 is 0. The van der Waals surface area contributed by atoms with Crippen LogP contribution in [0, 0.1) is 11.8 Å². The van der Waals surface area contributed by atoms with Gasteiger partial charge < -0.3 is 5.32 Å². The van der Waals surface area contributed by atoms with Crippen molar-refractivity contribution in [1.82, 2.24) is 5.32 Å². The molecule has 1 heteroatoms. The molecule has 3 rings (SSSR count). The Kier molecular flexibility index (Phi) is 1.31. The predicted molar refractivity (Wildman–Crippen MR) is 45.4 cm³/mol. The standard InChI is InChI=1S/C10H17N/c1-2-7(1)8-5-9-3-4-10(6-8)11-9/h7-11H,1-6H2/t8?,9-,10+. The van der Waals surface area contributed by atoms with Crippen molar-refractivity contribution < 1.29 is 0 Å². The summed E-state index contributed by atoms with van der Waals surface area (Å²) in [4.78, 5) is 0. The molecule has 0 spiro atoms. The van der Waals surface area contributed by atoms with Crippen LogP contribution in [-0.2, 0) is 0 Å². The van der Waals surface area contributed by atoms with Crippen molar-refractivity contribution in [3.63, 3.8) is 0 Å². The molecule has 3 aliphatic rings. The third kappa shape index (κ3) is 1.10. The lowest BCUT2D eigenvalue weighted by Gasteiger charge is -2.28. The monoisotopic (exact) mass is 151 g/mol. The Balaban J connectivity index is 1.70. The van der Waals surface area contributed by atoms with Gasteiger partial charge in [-0.1, -0.05) is 0 Å². The summed E-state index contributed by atoms with van der Waals surface area (Å²) in [5, 5.41) is 3.70. The molecule has 0 aromatic heterocycles. The largest absolute Gasteiger partial charge is 0.311 e. The Hall–Kier alpha value is -0.0400. The molecule has 0 aromatic rings. The summed E-state index contributed by atoms with van der Waals surface area (Å²) < 4.78 is 0. The maximum absolute atomic E-state index is 3.70. The zero-order valence-electron chi connectivity index (χ0n) is 7.05. The van der Waals surface area contributed by atoms with E-state index in [1.807, 2.05) is 0 Å². The van der Waals surface area contributed by atoms with Gasteiger partial charge in [-0.05, 0) is 50.4 Å². The molecule has 2 heterocycles. The minimum absolute atomic E-state index is 0.916. The predicted octanol–water partition coefficient (Wildman–Crippen LogP) is 1.93. The second kappa shape index (κ2) is 2.22. The molecule has 1 aliphatic carbocycles. The summed E-state index contributed by atoms with van der Waals surface area (Å²) in [6.07, 6.45) is 9.03. The molecule has 1 saturated carbocycles. The van der Waals surface area contributed by atoms with Crippen molar-refractivity contribution in [3.05, 3.63) is 0 Å². The fraction of sp³-hybridized carbons (Fsp3) is 1.00. The van der Waals surface area contributed by atoms with Gasteiger partial charge in [0.15, 0.2) is 0 Å². The Morgan fingerprint density at radius 1 is 0.727 bits per heavy atom. The molecule has 0 radical (unpaired) electrons. The molecule has 1 nitrogen and oxygen atoms in total. The van der Waals surface area contributed by atoms with E-state index in [0.717, 1.165) is 23.9 Å². The van der Waals surface area contributed by atoms with Crippen LogP contribution in [0.25, 0.3) is 0 Å².